The highest BCUT2D eigenvalue weighted by molar-refractivity contribution is 8.00. The van der Waals surface area contributed by atoms with Gasteiger partial charge >= 0.3 is 0 Å². The van der Waals surface area contributed by atoms with Gasteiger partial charge in [0.05, 0.1) is 18.6 Å². The number of ether oxygens (including phenoxy) is 1. The Labute approximate surface area is 170 Å². The van der Waals surface area contributed by atoms with Crippen LogP contribution in [0.2, 0.25) is 5.02 Å². The molecule has 0 saturated heterocycles. The first kappa shape index (κ1) is 21.3. The second-order valence-corrected chi connectivity index (χ2v) is 7.86. The van der Waals surface area contributed by atoms with Crippen LogP contribution in [-0.4, -0.2) is 24.5 Å². The van der Waals surface area contributed by atoms with E-state index in [2.05, 4.69) is 30.4 Å². The summed E-state index contributed by atoms with van der Waals surface area (Å²) in [5.74, 6) is 1.38. The molecule has 0 bridgehead atoms. The number of amides is 1. The fourth-order valence-corrected chi connectivity index (χ4v) is 3.29. The average Bonchev–Trinajstić information content (AvgIpc) is 2.63. The normalized spacial score (nSPS) is 11.2. The van der Waals surface area contributed by atoms with Gasteiger partial charge in [-0.3, -0.25) is 4.79 Å². The Morgan fingerprint density at radius 2 is 2.00 bits per heavy atom. The number of thioether (sulfide) groups is 1. The van der Waals surface area contributed by atoms with Gasteiger partial charge in [0.2, 0.25) is 5.91 Å². The van der Waals surface area contributed by atoms with Crippen LogP contribution in [0.3, 0.4) is 0 Å². The molecule has 0 heterocycles. The van der Waals surface area contributed by atoms with E-state index >= 15 is 0 Å². The van der Waals surface area contributed by atoms with Crippen LogP contribution < -0.4 is 10.2 Å². The number of rotatable bonds is 8. The van der Waals surface area contributed by atoms with E-state index in [9.17, 15) is 4.79 Å². The smallest absolute Gasteiger partial charge is 0.250 e. The molecular weight excluding hydrogens is 380 g/mol. The van der Waals surface area contributed by atoms with Crippen molar-refractivity contribution in [3.05, 3.63) is 58.1 Å². The summed E-state index contributed by atoms with van der Waals surface area (Å²) < 4.78 is 5.73. The molecule has 6 heteroatoms. The molecule has 0 aliphatic carbocycles. The minimum absolute atomic E-state index is 0.154. The number of hydrogen-bond donors (Lipinski definition) is 1. The SMILES string of the molecule is CCOc1cc(C)c(/C=N\NC(=O)CSc2ccc(Cl)cc2)cc1C(C)C. The zero-order chi connectivity index (χ0) is 19.8. The van der Waals surface area contributed by atoms with Gasteiger partial charge in [-0.2, -0.15) is 5.10 Å². The van der Waals surface area contributed by atoms with Gasteiger partial charge in [-0.15, -0.1) is 11.8 Å². The molecule has 0 unspecified atom stereocenters. The average molecular weight is 405 g/mol. The quantitative estimate of drug-likeness (QED) is 0.363. The fraction of sp³-hybridized carbons (Fsp3) is 0.333. The zero-order valence-electron chi connectivity index (χ0n) is 16.1. The predicted molar refractivity (Wildman–Crippen MR) is 114 cm³/mol. The van der Waals surface area contributed by atoms with Crippen molar-refractivity contribution in [3.8, 4) is 5.75 Å². The highest BCUT2D eigenvalue weighted by Crippen LogP contribution is 2.29. The molecular formula is C21H25ClN2O2S. The number of nitrogens with zero attached hydrogens (tertiary/aromatic N) is 1. The Hall–Kier alpha value is -1.98. The number of nitrogens with one attached hydrogen (secondary N) is 1. The number of hydrazone groups is 1. The molecule has 2 rings (SSSR count). The summed E-state index contributed by atoms with van der Waals surface area (Å²) in [6.07, 6.45) is 1.68. The molecule has 0 radical (unpaired) electrons. The number of aryl methyl sites for hydroxylation is 1. The van der Waals surface area contributed by atoms with Gasteiger partial charge in [-0.1, -0.05) is 25.4 Å². The van der Waals surface area contributed by atoms with Crippen molar-refractivity contribution in [3.63, 3.8) is 0 Å². The highest BCUT2D eigenvalue weighted by atomic mass is 35.5. The molecule has 0 aliphatic heterocycles. The molecule has 0 fully saturated rings. The van der Waals surface area contributed by atoms with Crippen molar-refractivity contribution in [2.45, 2.75) is 38.5 Å². The molecule has 1 amide bonds. The third-order valence-electron chi connectivity index (χ3n) is 3.90. The highest BCUT2D eigenvalue weighted by Gasteiger charge is 2.11. The molecule has 2 aromatic carbocycles. The predicted octanol–water partition coefficient (Wildman–Crippen LogP) is 5.41. The summed E-state index contributed by atoms with van der Waals surface area (Å²) in [5.41, 5.74) is 5.73. The van der Waals surface area contributed by atoms with E-state index in [1.54, 1.807) is 18.3 Å². The van der Waals surface area contributed by atoms with Crippen LogP contribution in [0.5, 0.6) is 5.75 Å². The van der Waals surface area contributed by atoms with Gasteiger partial charge in [-0.05, 0) is 72.9 Å². The second-order valence-electron chi connectivity index (χ2n) is 6.37. The number of carbonyl (C=O) groups is 1. The monoisotopic (exact) mass is 404 g/mol. The minimum atomic E-state index is -0.154. The third kappa shape index (κ3) is 6.60. The van der Waals surface area contributed by atoms with Crippen LogP contribution in [0.4, 0.5) is 0 Å². The fourth-order valence-electron chi connectivity index (χ4n) is 2.47. The molecule has 2 aromatic rings. The molecule has 0 aromatic heterocycles. The van der Waals surface area contributed by atoms with Gasteiger partial charge in [-0.25, -0.2) is 5.43 Å². The number of halogens is 1. The number of benzene rings is 2. The maximum absolute atomic E-state index is 12.0. The van der Waals surface area contributed by atoms with Crippen LogP contribution in [0.25, 0.3) is 0 Å². The molecule has 0 atom stereocenters. The van der Waals surface area contributed by atoms with Crippen LogP contribution in [0, 0.1) is 6.92 Å². The maximum Gasteiger partial charge on any atom is 0.250 e. The minimum Gasteiger partial charge on any atom is -0.494 e. The van der Waals surface area contributed by atoms with Gasteiger partial charge in [0, 0.05) is 9.92 Å². The van der Waals surface area contributed by atoms with Crippen LogP contribution >= 0.6 is 23.4 Å². The molecule has 1 N–H and O–H groups in total. The third-order valence-corrected chi connectivity index (χ3v) is 5.16. The summed E-state index contributed by atoms with van der Waals surface area (Å²) in [4.78, 5) is 13.0. The van der Waals surface area contributed by atoms with E-state index in [0.29, 0.717) is 23.3 Å². The van der Waals surface area contributed by atoms with Gasteiger partial charge in [0.15, 0.2) is 0 Å². The van der Waals surface area contributed by atoms with E-state index in [1.165, 1.54) is 11.8 Å². The Kier molecular flexibility index (Phi) is 8.20. The van der Waals surface area contributed by atoms with Crippen molar-refractivity contribution in [2.75, 3.05) is 12.4 Å². The first-order valence-electron chi connectivity index (χ1n) is 8.88. The van der Waals surface area contributed by atoms with E-state index in [1.807, 2.05) is 32.0 Å². The van der Waals surface area contributed by atoms with Crippen molar-refractivity contribution in [2.24, 2.45) is 5.10 Å². The lowest BCUT2D eigenvalue weighted by molar-refractivity contribution is -0.118. The summed E-state index contributed by atoms with van der Waals surface area (Å²) in [6.45, 7) is 8.88. The van der Waals surface area contributed by atoms with Gasteiger partial charge in [0.25, 0.3) is 0 Å². The number of carbonyl (C=O) groups excluding carboxylic acids is 1. The summed E-state index contributed by atoms with van der Waals surface area (Å²) in [7, 11) is 0. The lowest BCUT2D eigenvalue weighted by Gasteiger charge is -2.15. The number of hydrogen-bond acceptors (Lipinski definition) is 4. The first-order chi connectivity index (χ1) is 12.9. The van der Waals surface area contributed by atoms with E-state index in [4.69, 9.17) is 16.3 Å². The summed E-state index contributed by atoms with van der Waals surface area (Å²) in [5, 5.41) is 4.79. The molecule has 27 heavy (non-hydrogen) atoms. The molecule has 0 spiro atoms. The Balaban J connectivity index is 1.97. The van der Waals surface area contributed by atoms with Crippen molar-refractivity contribution in [1.82, 2.24) is 5.43 Å². The molecule has 144 valence electrons. The maximum atomic E-state index is 12.0. The Bertz CT molecular complexity index is 805. The van der Waals surface area contributed by atoms with Crippen LogP contribution in [-0.2, 0) is 4.79 Å². The Morgan fingerprint density at radius 3 is 2.63 bits per heavy atom. The van der Waals surface area contributed by atoms with Crippen molar-refractivity contribution < 1.29 is 9.53 Å². The molecule has 4 nitrogen and oxygen atoms in total. The zero-order valence-corrected chi connectivity index (χ0v) is 17.7. The lowest BCUT2D eigenvalue weighted by Crippen LogP contribution is -2.19. The van der Waals surface area contributed by atoms with Gasteiger partial charge in [0.1, 0.15) is 5.75 Å². The topological polar surface area (TPSA) is 50.7 Å². The second kappa shape index (κ2) is 10.4. The largest absolute Gasteiger partial charge is 0.494 e. The summed E-state index contributed by atoms with van der Waals surface area (Å²) in [6, 6.07) is 11.5. The van der Waals surface area contributed by atoms with E-state index in [-0.39, 0.29) is 5.91 Å². The summed E-state index contributed by atoms with van der Waals surface area (Å²) >= 11 is 7.30. The molecule has 0 saturated carbocycles. The lowest BCUT2D eigenvalue weighted by atomic mass is 9.97. The van der Waals surface area contributed by atoms with Crippen LogP contribution in [0.1, 0.15) is 43.4 Å². The first-order valence-corrected chi connectivity index (χ1v) is 10.2. The van der Waals surface area contributed by atoms with Crippen molar-refractivity contribution >= 4 is 35.5 Å². The van der Waals surface area contributed by atoms with Crippen molar-refractivity contribution in [1.29, 1.82) is 0 Å². The molecule has 0 aliphatic rings. The van der Waals surface area contributed by atoms with E-state index in [0.717, 1.165) is 27.3 Å². The van der Waals surface area contributed by atoms with Gasteiger partial charge < -0.3 is 4.74 Å². The van der Waals surface area contributed by atoms with Crippen LogP contribution in [0.15, 0.2) is 46.4 Å². The van der Waals surface area contributed by atoms with E-state index < -0.39 is 0 Å². The Morgan fingerprint density at radius 1 is 1.30 bits per heavy atom. The standard InChI is InChI=1S/C21H25ClN2O2S/c1-5-26-20-10-15(4)16(11-19(20)14(2)3)12-23-24-21(25)13-27-18-8-6-17(22)7-9-18/h6-12,14H,5,13H2,1-4H3,(H,24,25)/b23-12-.